The fourth-order valence-electron chi connectivity index (χ4n) is 1.52. The van der Waals surface area contributed by atoms with Crippen molar-refractivity contribution in [2.45, 2.75) is 6.42 Å². The third kappa shape index (κ3) is 2.66. The molecular weight excluding hydrogens is 211 g/mol. The van der Waals surface area contributed by atoms with Gasteiger partial charge in [0.1, 0.15) is 11.5 Å². The zero-order valence-corrected chi connectivity index (χ0v) is 9.30. The summed E-state index contributed by atoms with van der Waals surface area (Å²) in [4.78, 5) is 0. The molecule has 16 heavy (non-hydrogen) atoms. The number of hydrogen-bond acceptors (Lipinski definition) is 5. The number of aliphatic hydroxyl groups is 1. The Kier molecular flexibility index (Phi) is 4.60. The van der Waals surface area contributed by atoms with Crippen molar-refractivity contribution >= 4 is 12.6 Å². The van der Waals surface area contributed by atoms with Crippen molar-refractivity contribution in [3.05, 3.63) is 17.7 Å². The van der Waals surface area contributed by atoms with E-state index in [0.717, 1.165) is 5.56 Å². The highest BCUT2D eigenvalue weighted by molar-refractivity contribution is 6.61. The number of benzene rings is 1. The van der Waals surface area contributed by atoms with Crippen molar-refractivity contribution in [3.63, 3.8) is 0 Å². The Bertz CT molecular complexity index is 328. The molecule has 0 saturated carbocycles. The second kappa shape index (κ2) is 5.74. The van der Waals surface area contributed by atoms with Gasteiger partial charge < -0.3 is 24.6 Å². The van der Waals surface area contributed by atoms with Crippen LogP contribution in [0.15, 0.2) is 12.1 Å². The van der Waals surface area contributed by atoms with E-state index in [0.29, 0.717) is 17.9 Å². The van der Waals surface area contributed by atoms with Gasteiger partial charge in [0.15, 0.2) is 0 Å². The quantitative estimate of drug-likeness (QED) is 0.556. The van der Waals surface area contributed by atoms with Crippen molar-refractivity contribution in [1.29, 1.82) is 0 Å². The maximum atomic E-state index is 9.21. The molecule has 1 aromatic carbocycles. The van der Waals surface area contributed by atoms with E-state index in [-0.39, 0.29) is 12.1 Å². The minimum absolute atomic E-state index is 0.00728. The molecule has 1 rings (SSSR count). The van der Waals surface area contributed by atoms with Gasteiger partial charge in [-0.25, -0.2) is 0 Å². The van der Waals surface area contributed by atoms with Gasteiger partial charge in [-0.1, -0.05) is 0 Å². The average Bonchev–Trinajstić information content (AvgIpc) is 2.27. The highest BCUT2D eigenvalue weighted by atomic mass is 16.5. The van der Waals surface area contributed by atoms with Crippen molar-refractivity contribution in [3.8, 4) is 11.5 Å². The lowest BCUT2D eigenvalue weighted by molar-refractivity contribution is 0.299. The third-order valence-corrected chi connectivity index (χ3v) is 2.26. The molecule has 0 saturated heterocycles. The van der Waals surface area contributed by atoms with Gasteiger partial charge in [-0.05, 0) is 24.1 Å². The summed E-state index contributed by atoms with van der Waals surface area (Å²) in [6.45, 7) is 0.00728. The lowest BCUT2D eigenvalue weighted by Gasteiger charge is -2.14. The highest BCUT2D eigenvalue weighted by Crippen LogP contribution is 2.20. The van der Waals surface area contributed by atoms with Crippen LogP contribution >= 0.6 is 0 Å². The zero-order valence-electron chi connectivity index (χ0n) is 9.30. The summed E-state index contributed by atoms with van der Waals surface area (Å²) in [5.41, 5.74) is 0.993. The van der Waals surface area contributed by atoms with E-state index >= 15 is 0 Å². The van der Waals surface area contributed by atoms with Gasteiger partial charge in [0, 0.05) is 6.61 Å². The van der Waals surface area contributed by atoms with Crippen LogP contribution in [0.3, 0.4) is 0 Å². The maximum Gasteiger partial charge on any atom is 0.496 e. The van der Waals surface area contributed by atoms with E-state index in [4.69, 9.17) is 14.6 Å². The predicted octanol–water partition coefficient (Wildman–Crippen LogP) is -1.08. The molecular formula is C10H15BO5. The molecule has 0 spiro atoms. The Morgan fingerprint density at radius 1 is 1.12 bits per heavy atom. The maximum absolute atomic E-state index is 9.21. The fraction of sp³-hybridized carbons (Fsp3) is 0.400. The number of hydrogen-bond donors (Lipinski definition) is 3. The number of aliphatic hydroxyl groups excluding tert-OH is 1. The standard InChI is InChI=1S/C10H15BO5/c1-15-8-5-7(3-4-12)6-9(16-2)10(8)11(13)14/h5-6,12-14H,3-4H2,1-2H3. The molecule has 6 heteroatoms. The normalized spacial score (nSPS) is 10.1. The first-order chi connectivity index (χ1) is 7.63. The molecule has 0 fully saturated rings. The lowest BCUT2D eigenvalue weighted by atomic mass is 9.78. The van der Waals surface area contributed by atoms with Crippen LogP contribution in [0.2, 0.25) is 0 Å². The third-order valence-electron chi connectivity index (χ3n) is 2.26. The van der Waals surface area contributed by atoms with E-state index in [1.807, 2.05) is 0 Å². The van der Waals surface area contributed by atoms with Crippen LogP contribution in [0.1, 0.15) is 5.56 Å². The summed E-state index contributed by atoms with van der Waals surface area (Å²) in [6, 6.07) is 3.29. The first-order valence-electron chi connectivity index (χ1n) is 4.85. The zero-order chi connectivity index (χ0) is 12.1. The number of rotatable bonds is 5. The first-order valence-corrected chi connectivity index (χ1v) is 4.85. The molecule has 0 aromatic heterocycles. The summed E-state index contributed by atoms with van der Waals surface area (Å²) < 4.78 is 10.1. The van der Waals surface area contributed by atoms with Crippen molar-refractivity contribution in [1.82, 2.24) is 0 Å². The van der Waals surface area contributed by atoms with Gasteiger partial charge >= 0.3 is 7.12 Å². The Hall–Kier alpha value is -1.24. The summed E-state index contributed by atoms with van der Waals surface area (Å²) in [6.07, 6.45) is 0.453. The smallest absolute Gasteiger partial charge is 0.496 e. The van der Waals surface area contributed by atoms with Crippen molar-refractivity contribution in [2.75, 3.05) is 20.8 Å². The molecule has 1 aromatic rings. The largest absolute Gasteiger partial charge is 0.497 e. The Labute approximate surface area is 94.4 Å². The Balaban J connectivity index is 3.25. The van der Waals surface area contributed by atoms with Gasteiger partial charge in [-0.2, -0.15) is 0 Å². The molecule has 0 unspecified atom stereocenters. The topological polar surface area (TPSA) is 79.2 Å². The van der Waals surface area contributed by atoms with Crippen molar-refractivity contribution in [2.24, 2.45) is 0 Å². The average molecular weight is 226 g/mol. The van der Waals surface area contributed by atoms with Gasteiger partial charge in [-0.15, -0.1) is 0 Å². The summed E-state index contributed by atoms with van der Waals surface area (Å²) in [7, 11) is 1.21. The fourth-order valence-corrected chi connectivity index (χ4v) is 1.52. The van der Waals surface area contributed by atoms with Crippen LogP contribution < -0.4 is 14.9 Å². The molecule has 0 aliphatic heterocycles. The number of methoxy groups -OCH3 is 2. The minimum Gasteiger partial charge on any atom is -0.497 e. The van der Waals surface area contributed by atoms with E-state index in [9.17, 15) is 10.0 Å². The molecule has 0 atom stereocenters. The molecule has 3 N–H and O–H groups in total. The van der Waals surface area contributed by atoms with E-state index < -0.39 is 7.12 Å². The molecule has 5 nitrogen and oxygen atoms in total. The van der Waals surface area contributed by atoms with Crippen LogP contribution in [-0.2, 0) is 6.42 Å². The summed E-state index contributed by atoms with van der Waals surface area (Å²) in [5.74, 6) is 0.663. The SMILES string of the molecule is COc1cc(CCO)cc(OC)c1B(O)O. The van der Waals surface area contributed by atoms with E-state index in [2.05, 4.69) is 0 Å². The summed E-state index contributed by atoms with van der Waals surface area (Å²) in [5, 5.41) is 27.3. The Morgan fingerprint density at radius 2 is 1.62 bits per heavy atom. The number of ether oxygens (including phenoxy) is 2. The monoisotopic (exact) mass is 226 g/mol. The van der Waals surface area contributed by atoms with Crippen LogP contribution in [0.5, 0.6) is 11.5 Å². The lowest BCUT2D eigenvalue weighted by Crippen LogP contribution is -2.32. The van der Waals surface area contributed by atoms with Gasteiger partial charge in [-0.3, -0.25) is 0 Å². The van der Waals surface area contributed by atoms with Gasteiger partial charge in [0.25, 0.3) is 0 Å². The molecule has 0 aliphatic carbocycles. The minimum atomic E-state index is -1.66. The molecule has 0 aliphatic rings. The van der Waals surface area contributed by atoms with Crippen LogP contribution in [0.4, 0.5) is 0 Å². The van der Waals surface area contributed by atoms with Crippen LogP contribution in [0, 0.1) is 0 Å². The molecule has 0 amide bonds. The van der Waals surface area contributed by atoms with Gasteiger partial charge in [0.05, 0.1) is 19.7 Å². The van der Waals surface area contributed by atoms with Gasteiger partial charge in [0.2, 0.25) is 0 Å². The summed E-state index contributed by atoms with van der Waals surface area (Å²) >= 11 is 0. The molecule has 88 valence electrons. The highest BCUT2D eigenvalue weighted by Gasteiger charge is 2.23. The van der Waals surface area contributed by atoms with Crippen LogP contribution in [0.25, 0.3) is 0 Å². The molecule has 0 bridgehead atoms. The second-order valence-electron chi connectivity index (χ2n) is 3.26. The Morgan fingerprint density at radius 3 is 1.94 bits per heavy atom. The molecule has 0 heterocycles. The van der Waals surface area contributed by atoms with E-state index in [1.54, 1.807) is 12.1 Å². The second-order valence-corrected chi connectivity index (χ2v) is 3.26. The van der Waals surface area contributed by atoms with Crippen LogP contribution in [-0.4, -0.2) is 43.1 Å². The molecule has 0 radical (unpaired) electrons. The van der Waals surface area contributed by atoms with Crippen molar-refractivity contribution < 1.29 is 24.6 Å². The predicted molar refractivity (Wildman–Crippen MR) is 60.2 cm³/mol. The first kappa shape index (κ1) is 12.8. The van der Waals surface area contributed by atoms with E-state index in [1.165, 1.54) is 14.2 Å².